The van der Waals surface area contributed by atoms with Crippen molar-refractivity contribution < 1.29 is 5.11 Å². The van der Waals surface area contributed by atoms with Crippen LogP contribution in [-0.2, 0) is 12.8 Å². The van der Waals surface area contributed by atoms with Crippen molar-refractivity contribution >= 4 is 34.5 Å². The van der Waals surface area contributed by atoms with Gasteiger partial charge in [-0.15, -0.1) is 0 Å². The molecule has 1 aliphatic rings. The maximum Gasteiger partial charge on any atom is 0.227 e. The van der Waals surface area contributed by atoms with E-state index >= 15 is 0 Å². The topological polar surface area (TPSA) is 109 Å². The number of phenols is 1. The summed E-state index contributed by atoms with van der Waals surface area (Å²) >= 11 is 5.43. The lowest BCUT2D eigenvalue weighted by Gasteiger charge is -2.18. The molecule has 1 aromatic carbocycles. The lowest BCUT2D eigenvalue weighted by atomic mass is 9.97. The number of aromatic nitrogens is 3. The molecule has 4 rings (SSSR count). The van der Waals surface area contributed by atoms with Gasteiger partial charge in [-0.2, -0.15) is 0 Å². The van der Waals surface area contributed by atoms with Gasteiger partial charge < -0.3 is 21.5 Å². The first-order valence-corrected chi connectivity index (χ1v) is 11.1. The number of thiocarbonyl (C=S) groups is 1. The van der Waals surface area contributed by atoms with Gasteiger partial charge >= 0.3 is 0 Å². The summed E-state index contributed by atoms with van der Waals surface area (Å²) in [6.45, 7) is 6.05. The van der Waals surface area contributed by atoms with Crippen LogP contribution in [0.25, 0.3) is 11.3 Å². The number of fused-ring (bicyclic) bond motifs is 3. The van der Waals surface area contributed by atoms with Gasteiger partial charge in [-0.3, -0.25) is 4.98 Å². The number of pyridine rings is 1. The second-order valence-corrected chi connectivity index (χ2v) is 9.46. The molecule has 0 fully saturated rings. The van der Waals surface area contributed by atoms with Crippen molar-refractivity contribution in [1.29, 1.82) is 0 Å². The van der Waals surface area contributed by atoms with Crippen LogP contribution in [0.3, 0.4) is 0 Å². The molecule has 0 aliphatic carbocycles. The van der Waals surface area contributed by atoms with E-state index in [0.29, 0.717) is 17.4 Å². The number of nitrogens with two attached hydrogens (primary N) is 1. The monoisotopic (exact) mass is 448 g/mol. The standard InChI is InChI=1S/C24H28N6OS/c1-14-19(9-15(12-26-14)5-4-8-24(2,3)25)29-23-27-13-16-10-21(32)28-20-11-17(31)6-7-18(20)22(16)30-23/h6-7,9,11-13,31H,4-5,8,10,25H2,1-3H3,(H,28,32)(H,27,29,30). The van der Waals surface area contributed by atoms with Gasteiger partial charge in [-0.05, 0) is 63.8 Å². The number of nitrogens with one attached hydrogen (secondary N) is 2. The molecule has 0 saturated carbocycles. The summed E-state index contributed by atoms with van der Waals surface area (Å²) in [6, 6.07) is 7.25. The maximum atomic E-state index is 9.88. The Hall–Kier alpha value is -3.10. The van der Waals surface area contributed by atoms with Crippen LogP contribution in [0.5, 0.6) is 5.75 Å². The molecule has 3 heterocycles. The second-order valence-electron chi connectivity index (χ2n) is 8.97. The summed E-state index contributed by atoms with van der Waals surface area (Å²) in [7, 11) is 0. The van der Waals surface area contributed by atoms with Crippen molar-refractivity contribution in [3.63, 3.8) is 0 Å². The van der Waals surface area contributed by atoms with Crippen LogP contribution < -0.4 is 16.4 Å². The second kappa shape index (κ2) is 8.80. The van der Waals surface area contributed by atoms with Crippen molar-refractivity contribution in [1.82, 2.24) is 15.0 Å². The molecule has 0 atom stereocenters. The van der Waals surface area contributed by atoms with Crippen molar-refractivity contribution in [2.45, 2.75) is 52.0 Å². The van der Waals surface area contributed by atoms with Crippen LogP contribution >= 0.6 is 12.2 Å². The Morgan fingerprint density at radius 1 is 1.22 bits per heavy atom. The molecule has 0 radical (unpaired) electrons. The molecule has 0 saturated heterocycles. The number of nitrogens with zero attached hydrogens (tertiary/aromatic N) is 3. The van der Waals surface area contributed by atoms with Crippen molar-refractivity contribution in [2.75, 3.05) is 10.6 Å². The number of hydrogen-bond acceptors (Lipinski definition) is 7. The fourth-order valence-corrected chi connectivity index (χ4v) is 4.01. The van der Waals surface area contributed by atoms with Gasteiger partial charge in [0, 0.05) is 41.5 Å². The lowest BCUT2D eigenvalue weighted by molar-refractivity contribution is 0.459. The largest absolute Gasteiger partial charge is 0.508 e. The minimum absolute atomic E-state index is 0.168. The number of rotatable bonds is 6. The molecule has 0 unspecified atom stereocenters. The minimum atomic E-state index is -0.168. The maximum absolute atomic E-state index is 9.88. The summed E-state index contributed by atoms with van der Waals surface area (Å²) in [6.07, 6.45) is 7.11. The number of aromatic hydroxyl groups is 1. The SMILES string of the molecule is Cc1ncc(CCCC(C)(C)N)cc1Nc1ncc2c(n1)-c1ccc(O)cc1NC(=S)C2. The van der Waals surface area contributed by atoms with Crippen LogP contribution in [0.2, 0.25) is 0 Å². The van der Waals surface area contributed by atoms with E-state index in [2.05, 4.69) is 26.7 Å². The lowest BCUT2D eigenvalue weighted by Crippen LogP contribution is -2.31. The molecule has 0 amide bonds. The van der Waals surface area contributed by atoms with Crippen molar-refractivity contribution in [2.24, 2.45) is 5.73 Å². The van der Waals surface area contributed by atoms with E-state index < -0.39 is 0 Å². The molecule has 2 aromatic heterocycles. The Bertz CT molecular complexity index is 1170. The highest BCUT2D eigenvalue weighted by molar-refractivity contribution is 7.80. The van der Waals surface area contributed by atoms with Gasteiger partial charge in [0.25, 0.3) is 0 Å². The highest BCUT2D eigenvalue weighted by Crippen LogP contribution is 2.35. The molecular formula is C24H28N6OS. The van der Waals surface area contributed by atoms with Crippen LogP contribution in [-0.4, -0.2) is 30.6 Å². The quantitative estimate of drug-likeness (QED) is 0.404. The number of aryl methyl sites for hydroxylation is 2. The third-order valence-electron chi connectivity index (χ3n) is 5.42. The van der Waals surface area contributed by atoms with E-state index in [9.17, 15) is 5.11 Å². The van der Waals surface area contributed by atoms with Crippen molar-refractivity contribution in [3.8, 4) is 17.0 Å². The Balaban J connectivity index is 1.61. The fraction of sp³-hybridized carbons (Fsp3) is 0.333. The Morgan fingerprint density at radius 3 is 2.81 bits per heavy atom. The van der Waals surface area contributed by atoms with Gasteiger partial charge in [-0.1, -0.05) is 12.2 Å². The van der Waals surface area contributed by atoms with Crippen LogP contribution in [0.15, 0.2) is 36.7 Å². The summed E-state index contributed by atoms with van der Waals surface area (Å²) in [5.41, 5.74) is 12.2. The molecule has 8 heteroatoms. The third kappa shape index (κ3) is 5.20. The molecule has 5 N–H and O–H groups in total. The minimum Gasteiger partial charge on any atom is -0.508 e. The van der Waals surface area contributed by atoms with E-state index in [1.807, 2.05) is 33.0 Å². The molecular weight excluding hydrogens is 420 g/mol. The van der Waals surface area contributed by atoms with Gasteiger partial charge in [0.05, 0.1) is 27.8 Å². The molecule has 0 bridgehead atoms. The first-order chi connectivity index (χ1) is 15.2. The van der Waals surface area contributed by atoms with Gasteiger partial charge in [-0.25, -0.2) is 9.97 Å². The van der Waals surface area contributed by atoms with Gasteiger partial charge in [0.15, 0.2) is 0 Å². The normalized spacial score (nSPS) is 13.1. The Labute approximate surface area is 193 Å². The summed E-state index contributed by atoms with van der Waals surface area (Å²) in [5, 5.41) is 16.4. The molecule has 3 aromatic rings. The van der Waals surface area contributed by atoms with Crippen LogP contribution in [0.1, 0.15) is 43.5 Å². The van der Waals surface area contributed by atoms with Gasteiger partial charge in [0.2, 0.25) is 5.95 Å². The molecule has 1 aliphatic heterocycles. The first kappa shape index (κ1) is 22.1. The summed E-state index contributed by atoms with van der Waals surface area (Å²) in [4.78, 5) is 14.5. The number of anilines is 3. The predicted molar refractivity (Wildman–Crippen MR) is 133 cm³/mol. The smallest absolute Gasteiger partial charge is 0.227 e. The highest BCUT2D eigenvalue weighted by atomic mass is 32.1. The van der Waals surface area contributed by atoms with Crippen molar-refractivity contribution in [3.05, 3.63) is 53.5 Å². The van der Waals surface area contributed by atoms with E-state index in [-0.39, 0.29) is 11.3 Å². The fourth-order valence-electron chi connectivity index (χ4n) is 3.75. The van der Waals surface area contributed by atoms with Gasteiger partial charge in [0.1, 0.15) is 5.75 Å². The zero-order chi connectivity index (χ0) is 22.9. The average molecular weight is 449 g/mol. The number of hydrogen-bond donors (Lipinski definition) is 4. The van der Waals surface area contributed by atoms with Crippen LogP contribution in [0, 0.1) is 6.92 Å². The Kier molecular flexibility index (Phi) is 6.08. The van der Waals surface area contributed by atoms with E-state index in [1.54, 1.807) is 18.3 Å². The third-order valence-corrected chi connectivity index (χ3v) is 5.67. The number of benzene rings is 1. The first-order valence-electron chi connectivity index (χ1n) is 10.7. The Morgan fingerprint density at radius 2 is 2.03 bits per heavy atom. The molecule has 32 heavy (non-hydrogen) atoms. The zero-order valence-electron chi connectivity index (χ0n) is 18.6. The summed E-state index contributed by atoms with van der Waals surface area (Å²) < 4.78 is 0. The van der Waals surface area contributed by atoms with Crippen LogP contribution in [0.4, 0.5) is 17.3 Å². The zero-order valence-corrected chi connectivity index (χ0v) is 19.4. The molecule has 0 spiro atoms. The number of phenolic OH excluding ortho intramolecular Hbond substituents is 1. The van der Waals surface area contributed by atoms with E-state index in [1.165, 1.54) is 0 Å². The van der Waals surface area contributed by atoms with E-state index in [0.717, 1.165) is 58.7 Å². The highest BCUT2D eigenvalue weighted by Gasteiger charge is 2.20. The molecule has 7 nitrogen and oxygen atoms in total. The predicted octanol–water partition coefficient (Wildman–Crippen LogP) is 4.65. The van der Waals surface area contributed by atoms with E-state index in [4.69, 9.17) is 22.9 Å². The summed E-state index contributed by atoms with van der Waals surface area (Å²) in [5.74, 6) is 0.659. The molecule has 166 valence electrons. The average Bonchev–Trinajstić information content (AvgIpc) is 2.84.